The van der Waals surface area contributed by atoms with Gasteiger partial charge in [0.2, 0.25) is 9.76 Å². The van der Waals surface area contributed by atoms with E-state index in [-0.39, 0.29) is 21.6 Å². The topological polar surface area (TPSA) is 57.5 Å². The van der Waals surface area contributed by atoms with Gasteiger partial charge in [0.25, 0.3) is 0 Å². The van der Waals surface area contributed by atoms with Gasteiger partial charge in [0.15, 0.2) is 5.78 Å². The first kappa shape index (κ1) is 7.81. The highest BCUT2D eigenvalue weighted by Crippen LogP contribution is 1.87. The summed E-state index contributed by atoms with van der Waals surface area (Å²) in [5.74, 6) is -0.300. The summed E-state index contributed by atoms with van der Waals surface area (Å²) in [6.07, 6.45) is -0.922. The number of aliphatic hydroxyl groups excluding tert-OH is 1. The van der Waals surface area contributed by atoms with Crippen LogP contribution in [0.3, 0.4) is 0 Å². The Bertz CT molecular complexity index is 81.4. The van der Waals surface area contributed by atoms with Crippen molar-refractivity contribution in [3.8, 4) is 0 Å². The molecule has 8 heavy (non-hydrogen) atoms. The number of hydrogen-bond donors (Lipinski definition) is 2. The number of Topliss-reactive ketones (excluding diaryl/α,β-unsaturated/α-hetero) is 1. The highest BCUT2D eigenvalue weighted by molar-refractivity contribution is 6.33. The molecular weight excluding hydrogens is 124 g/mol. The van der Waals surface area contributed by atoms with Gasteiger partial charge in [0.05, 0.1) is 0 Å². The van der Waals surface area contributed by atoms with Crippen LogP contribution in [0.25, 0.3) is 0 Å². The van der Waals surface area contributed by atoms with E-state index >= 15 is 0 Å². The van der Waals surface area contributed by atoms with Gasteiger partial charge in [-0.25, -0.2) is 0 Å². The van der Waals surface area contributed by atoms with Gasteiger partial charge in [-0.05, 0) is 6.92 Å². The van der Waals surface area contributed by atoms with E-state index in [0.717, 1.165) is 0 Å². The normalized spacial score (nSPS) is 13.4. The summed E-state index contributed by atoms with van der Waals surface area (Å²) in [6, 6.07) is 0.0810. The van der Waals surface area contributed by atoms with E-state index in [1.165, 1.54) is 6.92 Å². The van der Waals surface area contributed by atoms with Crippen LogP contribution in [0.5, 0.6) is 0 Å². The molecule has 0 fully saturated rings. The van der Waals surface area contributed by atoms with Crippen molar-refractivity contribution >= 4 is 15.5 Å². The van der Waals surface area contributed by atoms with Crippen molar-refractivity contribution in [2.45, 2.75) is 19.1 Å². The number of ketones is 1. The van der Waals surface area contributed by atoms with E-state index in [2.05, 4.69) is 0 Å². The highest BCUT2D eigenvalue weighted by Gasteiger charge is 2.06. The van der Waals surface area contributed by atoms with Gasteiger partial charge in [-0.15, -0.1) is 0 Å². The monoisotopic (exact) mass is 132 g/mol. The fourth-order valence-electron chi connectivity index (χ4n) is 0.226. The van der Waals surface area contributed by atoms with Gasteiger partial charge in [-0.3, -0.25) is 4.79 Å². The Hall–Kier alpha value is -0.193. The van der Waals surface area contributed by atoms with Crippen molar-refractivity contribution < 1.29 is 14.7 Å². The first-order valence-corrected chi connectivity index (χ1v) is 3.41. The number of rotatable bonds is 3. The maximum atomic E-state index is 10.3. The summed E-state index contributed by atoms with van der Waals surface area (Å²) < 4.78 is 0. The Morgan fingerprint density at radius 2 is 2.38 bits per heavy atom. The first-order valence-electron chi connectivity index (χ1n) is 2.26. The predicted molar refractivity (Wildman–Crippen MR) is 29.5 cm³/mol. The molecule has 0 aromatic heterocycles. The maximum Gasteiger partial charge on any atom is 0.232 e. The van der Waals surface area contributed by atoms with Crippen molar-refractivity contribution in [2.75, 3.05) is 0 Å². The third-order valence-electron chi connectivity index (χ3n) is 0.719. The van der Waals surface area contributed by atoms with Crippen LogP contribution in [0.15, 0.2) is 0 Å². The second-order valence-corrected chi connectivity index (χ2v) is 2.15. The van der Waals surface area contributed by atoms with Crippen molar-refractivity contribution in [1.29, 1.82) is 0 Å². The molecule has 0 bridgehead atoms. The van der Waals surface area contributed by atoms with Crippen molar-refractivity contribution in [3.05, 3.63) is 0 Å². The van der Waals surface area contributed by atoms with Crippen LogP contribution in [-0.2, 0) is 4.79 Å². The summed E-state index contributed by atoms with van der Waals surface area (Å²) >= 11 is 0. The molecule has 1 atom stereocenters. The third-order valence-corrected chi connectivity index (χ3v) is 1.23. The lowest BCUT2D eigenvalue weighted by Gasteiger charge is -1.96. The van der Waals surface area contributed by atoms with Crippen LogP contribution in [0.1, 0.15) is 6.92 Å². The lowest BCUT2D eigenvalue weighted by Crippen LogP contribution is -2.16. The molecular formula is C4H8O3Si. The molecule has 4 heteroatoms. The SMILES string of the molecule is CC(O)C(=O)C[Si]O. The van der Waals surface area contributed by atoms with Gasteiger partial charge in [0.1, 0.15) is 6.10 Å². The summed E-state index contributed by atoms with van der Waals surface area (Å²) in [4.78, 5) is 18.5. The highest BCUT2D eigenvalue weighted by atomic mass is 28.2. The summed E-state index contributed by atoms with van der Waals surface area (Å²) in [7, 11) is -0.379. The average molecular weight is 132 g/mol. The van der Waals surface area contributed by atoms with E-state index in [1.54, 1.807) is 0 Å². The molecule has 0 aliphatic rings. The lowest BCUT2D eigenvalue weighted by atomic mass is 10.3. The van der Waals surface area contributed by atoms with Gasteiger partial charge in [-0.1, -0.05) is 0 Å². The first-order chi connectivity index (χ1) is 3.68. The molecule has 0 rings (SSSR count). The van der Waals surface area contributed by atoms with Crippen LogP contribution >= 0.6 is 0 Å². The van der Waals surface area contributed by atoms with Gasteiger partial charge < -0.3 is 9.90 Å². The molecule has 0 aliphatic heterocycles. The zero-order valence-corrected chi connectivity index (χ0v) is 5.59. The molecule has 1 unspecified atom stereocenters. The Kier molecular flexibility index (Phi) is 3.68. The molecule has 0 aromatic carbocycles. The zero-order valence-electron chi connectivity index (χ0n) is 4.59. The van der Waals surface area contributed by atoms with Crippen LogP contribution in [0.2, 0.25) is 6.04 Å². The zero-order chi connectivity index (χ0) is 6.57. The number of hydrogen-bond acceptors (Lipinski definition) is 3. The standard InChI is InChI=1S/C4H8O3Si/c1-3(5)4(6)2-8-7/h3,5,7H,2H2,1H3. The Balaban J connectivity index is 3.33. The van der Waals surface area contributed by atoms with Crippen molar-refractivity contribution in [1.82, 2.24) is 0 Å². The average Bonchev–Trinajstić information content (AvgIpc) is 1.67. The van der Waals surface area contributed by atoms with Crippen molar-refractivity contribution in [3.63, 3.8) is 0 Å². The number of carbonyl (C=O) groups is 1. The maximum absolute atomic E-state index is 10.3. The molecule has 0 aliphatic carbocycles. The summed E-state index contributed by atoms with van der Waals surface area (Å²) in [5, 5.41) is 8.50. The van der Waals surface area contributed by atoms with E-state index in [9.17, 15) is 4.79 Å². The molecule has 0 spiro atoms. The molecule has 2 N–H and O–H groups in total. The number of carbonyl (C=O) groups excluding carboxylic acids is 1. The van der Waals surface area contributed by atoms with Crippen LogP contribution in [-0.4, -0.2) is 31.6 Å². The Morgan fingerprint density at radius 1 is 1.88 bits per heavy atom. The molecule has 2 radical (unpaired) electrons. The van der Waals surface area contributed by atoms with Crippen LogP contribution < -0.4 is 0 Å². The molecule has 0 amide bonds. The Labute approximate surface area is 50.3 Å². The fraction of sp³-hybridized carbons (Fsp3) is 0.750. The molecule has 0 heterocycles. The summed E-state index contributed by atoms with van der Waals surface area (Å²) in [5.41, 5.74) is 0. The molecule has 0 aromatic rings. The molecule has 0 saturated heterocycles. The Morgan fingerprint density at radius 3 is 2.50 bits per heavy atom. The van der Waals surface area contributed by atoms with E-state index in [4.69, 9.17) is 9.90 Å². The smallest absolute Gasteiger partial charge is 0.232 e. The van der Waals surface area contributed by atoms with Crippen LogP contribution in [0, 0.1) is 0 Å². The minimum absolute atomic E-state index is 0.0810. The van der Waals surface area contributed by atoms with E-state index < -0.39 is 6.10 Å². The second-order valence-electron chi connectivity index (χ2n) is 1.48. The summed E-state index contributed by atoms with van der Waals surface area (Å²) in [6.45, 7) is 1.39. The predicted octanol–water partition coefficient (Wildman–Crippen LogP) is -1.03. The van der Waals surface area contributed by atoms with Crippen LogP contribution in [0.4, 0.5) is 0 Å². The van der Waals surface area contributed by atoms with Gasteiger partial charge in [0, 0.05) is 6.04 Å². The molecule has 3 nitrogen and oxygen atoms in total. The lowest BCUT2D eigenvalue weighted by molar-refractivity contribution is -0.124. The molecule has 46 valence electrons. The third kappa shape index (κ3) is 2.90. The van der Waals surface area contributed by atoms with E-state index in [1.807, 2.05) is 0 Å². The number of aliphatic hydroxyl groups is 1. The minimum atomic E-state index is -0.922. The largest absolute Gasteiger partial charge is 0.431 e. The quantitative estimate of drug-likeness (QED) is 0.482. The molecule has 0 saturated carbocycles. The van der Waals surface area contributed by atoms with E-state index in [0.29, 0.717) is 0 Å². The van der Waals surface area contributed by atoms with Gasteiger partial charge >= 0.3 is 0 Å². The second kappa shape index (κ2) is 3.77. The van der Waals surface area contributed by atoms with Crippen molar-refractivity contribution in [2.24, 2.45) is 0 Å². The minimum Gasteiger partial charge on any atom is -0.431 e. The van der Waals surface area contributed by atoms with Gasteiger partial charge in [-0.2, -0.15) is 0 Å². The fourth-order valence-corrected chi connectivity index (χ4v) is 0.677.